The smallest absolute Gasteiger partial charge is 0.416 e. The van der Waals surface area contributed by atoms with Gasteiger partial charge in [-0.25, -0.2) is 13.2 Å². The van der Waals surface area contributed by atoms with Crippen molar-refractivity contribution in [3.05, 3.63) is 89.5 Å². The number of nitrogens with zero attached hydrogens (tertiary/aromatic N) is 2. The van der Waals surface area contributed by atoms with Gasteiger partial charge in [0.25, 0.3) is 10.0 Å². The van der Waals surface area contributed by atoms with Crippen LogP contribution in [0.5, 0.6) is 5.75 Å². The molecule has 0 aliphatic rings. The van der Waals surface area contributed by atoms with Gasteiger partial charge in [0.1, 0.15) is 18.9 Å². The van der Waals surface area contributed by atoms with Crippen LogP contribution in [-0.2, 0) is 27.6 Å². The van der Waals surface area contributed by atoms with E-state index in [4.69, 9.17) is 9.84 Å². The zero-order valence-corrected chi connectivity index (χ0v) is 20.6. The normalized spacial score (nSPS) is 11.6. The molecular formula is C25H23F3N2O6S. The number of carboxylic acid groups (broad SMARTS) is 1. The minimum Gasteiger partial charge on any atom is -0.487 e. The van der Waals surface area contributed by atoms with Crippen LogP contribution in [0.3, 0.4) is 0 Å². The van der Waals surface area contributed by atoms with Crippen molar-refractivity contribution < 1.29 is 41.0 Å². The molecule has 0 aliphatic carbocycles. The summed E-state index contributed by atoms with van der Waals surface area (Å²) in [6.07, 6.45) is -4.75. The molecule has 3 aromatic carbocycles. The molecule has 0 spiro atoms. The zero-order chi connectivity index (χ0) is 27.4. The fraction of sp³-hybridized carbons (Fsp3) is 0.200. The van der Waals surface area contributed by atoms with Crippen molar-refractivity contribution in [3.63, 3.8) is 0 Å². The number of carboxylic acids is 1. The molecule has 196 valence electrons. The van der Waals surface area contributed by atoms with Crippen LogP contribution in [0.4, 0.5) is 18.9 Å². The number of rotatable bonds is 9. The van der Waals surface area contributed by atoms with E-state index < -0.39 is 45.9 Å². The fourth-order valence-electron chi connectivity index (χ4n) is 3.20. The highest BCUT2D eigenvalue weighted by Crippen LogP contribution is 2.39. The topological polar surface area (TPSA) is 104 Å². The second-order valence-corrected chi connectivity index (χ2v) is 9.95. The van der Waals surface area contributed by atoms with E-state index in [9.17, 15) is 31.2 Å². The van der Waals surface area contributed by atoms with E-state index in [0.717, 1.165) is 11.0 Å². The van der Waals surface area contributed by atoms with Crippen molar-refractivity contribution in [1.82, 2.24) is 4.90 Å². The Balaban J connectivity index is 2.10. The quantitative estimate of drug-likeness (QED) is 0.438. The Morgan fingerprint density at radius 2 is 1.57 bits per heavy atom. The van der Waals surface area contributed by atoms with E-state index >= 15 is 0 Å². The molecular weight excluding hydrogens is 513 g/mol. The summed E-state index contributed by atoms with van der Waals surface area (Å²) in [6, 6.07) is 14.9. The first-order valence-electron chi connectivity index (χ1n) is 10.7. The Hall–Kier alpha value is -4.06. The van der Waals surface area contributed by atoms with Gasteiger partial charge in [0, 0.05) is 14.1 Å². The number of anilines is 1. The maximum absolute atomic E-state index is 13.5. The van der Waals surface area contributed by atoms with Gasteiger partial charge in [0.15, 0.2) is 0 Å². The summed E-state index contributed by atoms with van der Waals surface area (Å²) < 4.78 is 73.9. The van der Waals surface area contributed by atoms with Crippen LogP contribution in [0.15, 0.2) is 77.7 Å². The number of aromatic carboxylic acids is 1. The Kier molecular flexibility index (Phi) is 8.12. The molecule has 0 atom stereocenters. The molecule has 37 heavy (non-hydrogen) atoms. The highest BCUT2D eigenvalue weighted by molar-refractivity contribution is 7.92. The summed E-state index contributed by atoms with van der Waals surface area (Å²) in [5.74, 6) is -2.20. The number of amides is 1. The second-order valence-electron chi connectivity index (χ2n) is 8.08. The number of hydrogen-bond donors (Lipinski definition) is 1. The average molecular weight is 537 g/mol. The van der Waals surface area contributed by atoms with Crippen molar-refractivity contribution in [3.8, 4) is 5.75 Å². The summed E-state index contributed by atoms with van der Waals surface area (Å²) in [5, 5.41) is 9.04. The Morgan fingerprint density at radius 3 is 2.11 bits per heavy atom. The van der Waals surface area contributed by atoms with Crippen LogP contribution < -0.4 is 9.04 Å². The van der Waals surface area contributed by atoms with Crippen molar-refractivity contribution in [2.24, 2.45) is 0 Å². The van der Waals surface area contributed by atoms with Crippen molar-refractivity contribution >= 4 is 27.6 Å². The molecule has 0 saturated heterocycles. The lowest BCUT2D eigenvalue weighted by Gasteiger charge is -2.27. The lowest BCUT2D eigenvalue weighted by molar-refractivity contribution is -0.137. The molecule has 0 heterocycles. The molecule has 0 unspecified atom stereocenters. The molecule has 0 aliphatic heterocycles. The number of ether oxygens (including phenoxy) is 1. The van der Waals surface area contributed by atoms with Crippen LogP contribution in [0.2, 0.25) is 0 Å². The monoisotopic (exact) mass is 536 g/mol. The lowest BCUT2D eigenvalue weighted by Crippen LogP contribution is -2.40. The van der Waals surface area contributed by atoms with E-state index in [-0.39, 0.29) is 22.8 Å². The van der Waals surface area contributed by atoms with Crippen molar-refractivity contribution in [2.75, 3.05) is 24.9 Å². The minimum atomic E-state index is -4.75. The SMILES string of the molecule is CN(C)C(=O)CN(c1ccc(C(F)(F)F)cc1OCc1ccc(C(=O)O)cc1)S(=O)(=O)c1ccccc1. The van der Waals surface area contributed by atoms with Gasteiger partial charge in [0.05, 0.1) is 21.7 Å². The fourth-order valence-corrected chi connectivity index (χ4v) is 4.65. The second kappa shape index (κ2) is 10.9. The molecule has 12 heteroatoms. The van der Waals surface area contributed by atoms with E-state index in [0.29, 0.717) is 22.0 Å². The predicted molar refractivity (Wildman–Crippen MR) is 129 cm³/mol. The molecule has 0 saturated carbocycles. The zero-order valence-electron chi connectivity index (χ0n) is 19.8. The van der Waals surface area contributed by atoms with Gasteiger partial charge >= 0.3 is 12.1 Å². The third-order valence-corrected chi connectivity index (χ3v) is 7.03. The molecule has 0 aromatic heterocycles. The number of halogens is 3. The number of carbonyl (C=O) groups is 2. The van der Waals surface area contributed by atoms with E-state index in [1.807, 2.05) is 0 Å². The number of likely N-dealkylation sites (N-methyl/N-ethyl adjacent to an activating group) is 1. The molecule has 1 N–H and O–H groups in total. The summed E-state index contributed by atoms with van der Waals surface area (Å²) >= 11 is 0. The molecule has 0 bridgehead atoms. The first kappa shape index (κ1) is 27.5. The number of hydrogen-bond acceptors (Lipinski definition) is 5. The van der Waals surface area contributed by atoms with Crippen LogP contribution in [-0.4, -0.2) is 50.9 Å². The largest absolute Gasteiger partial charge is 0.487 e. The highest BCUT2D eigenvalue weighted by Gasteiger charge is 2.34. The molecule has 1 amide bonds. The maximum Gasteiger partial charge on any atom is 0.416 e. The standard InChI is InChI=1S/C25H23F3N2O6S/c1-29(2)23(31)15-30(37(34,35)20-6-4-3-5-7-20)21-13-12-19(25(26,27)28)14-22(21)36-16-17-8-10-18(11-9-17)24(32)33/h3-14H,15-16H2,1-2H3,(H,32,33). The first-order valence-corrected chi connectivity index (χ1v) is 12.2. The number of carbonyl (C=O) groups excluding carboxylic acids is 1. The Labute approximate surface area is 211 Å². The van der Waals surface area contributed by atoms with Gasteiger partial charge in [-0.2, -0.15) is 13.2 Å². The van der Waals surface area contributed by atoms with Crippen LogP contribution in [0.1, 0.15) is 21.5 Å². The highest BCUT2D eigenvalue weighted by atomic mass is 32.2. The Bertz CT molecular complexity index is 1380. The van der Waals surface area contributed by atoms with Gasteiger partial charge in [-0.3, -0.25) is 9.10 Å². The van der Waals surface area contributed by atoms with Crippen LogP contribution in [0, 0.1) is 0 Å². The molecule has 0 fully saturated rings. The minimum absolute atomic E-state index is 0.00540. The molecule has 8 nitrogen and oxygen atoms in total. The number of sulfonamides is 1. The number of benzene rings is 3. The van der Waals surface area contributed by atoms with Gasteiger partial charge < -0.3 is 14.7 Å². The molecule has 0 radical (unpaired) electrons. The summed E-state index contributed by atoms with van der Waals surface area (Å²) in [5.41, 5.74) is -0.918. The third kappa shape index (κ3) is 6.58. The molecule has 3 aromatic rings. The van der Waals surface area contributed by atoms with E-state index in [1.165, 1.54) is 62.6 Å². The summed E-state index contributed by atoms with van der Waals surface area (Å²) in [6.45, 7) is -0.992. The van der Waals surface area contributed by atoms with Gasteiger partial charge in [-0.15, -0.1) is 0 Å². The number of alkyl halides is 3. The lowest BCUT2D eigenvalue weighted by atomic mass is 10.1. The van der Waals surface area contributed by atoms with Gasteiger partial charge in [0.2, 0.25) is 5.91 Å². The average Bonchev–Trinajstić information content (AvgIpc) is 2.85. The van der Waals surface area contributed by atoms with Crippen LogP contribution in [0.25, 0.3) is 0 Å². The van der Waals surface area contributed by atoms with E-state index in [2.05, 4.69) is 0 Å². The van der Waals surface area contributed by atoms with Crippen molar-refractivity contribution in [1.29, 1.82) is 0 Å². The van der Waals surface area contributed by atoms with Gasteiger partial charge in [-0.1, -0.05) is 30.3 Å². The summed E-state index contributed by atoms with van der Waals surface area (Å²) in [7, 11) is -1.56. The maximum atomic E-state index is 13.5. The Morgan fingerprint density at radius 1 is 0.946 bits per heavy atom. The van der Waals surface area contributed by atoms with E-state index in [1.54, 1.807) is 6.07 Å². The van der Waals surface area contributed by atoms with Gasteiger partial charge in [-0.05, 0) is 48.0 Å². The van der Waals surface area contributed by atoms with Crippen molar-refractivity contribution in [2.45, 2.75) is 17.7 Å². The van der Waals surface area contributed by atoms with Crippen LogP contribution >= 0.6 is 0 Å². The predicted octanol–water partition coefficient (Wildman–Crippen LogP) is 4.27. The molecule has 3 rings (SSSR count). The summed E-state index contributed by atoms with van der Waals surface area (Å²) in [4.78, 5) is 24.6. The third-order valence-electron chi connectivity index (χ3n) is 5.26. The first-order chi connectivity index (χ1) is 17.3.